The third-order valence-electron chi connectivity index (χ3n) is 4.91. The van der Waals surface area contributed by atoms with Gasteiger partial charge in [-0.05, 0) is 44.7 Å². The van der Waals surface area contributed by atoms with Crippen LogP contribution in [0.2, 0.25) is 0 Å². The van der Waals surface area contributed by atoms with Gasteiger partial charge in [0.25, 0.3) is 10.1 Å². The molecule has 0 aliphatic carbocycles. The lowest BCUT2D eigenvalue weighted by atomic mass is 10.1. The maximum atomic E-state index is 11.1. The number of benzene rings is 1. The maximum Gasteiger partial charge on any atom is 0.296 e. The van der Waals surface area contributed by atoms with E-state index in [1.165, 1.54) is 18.6 Å². The highest BCUT2D eigenvalue weighted by Crippen LogP contribution is 2.30. The second-order valence-corrected chi connectivity index (χ2v) is 8.61. The summed E-state index contributed by atoms with van der Waals surface area (Å²) in [7, 11) is -2.37. The molecule has 0 bridgehead atoms. The lowest BCUT2D eigenvalue weighted by Crippen LogP contribution is -2.35. The van der Waals surface area contributed by atoms with Crippen molar-refractivity contribution in [2.75, 3.05) is 26.9 Å². The van der Waals surface area contributed by atoms with Crippen molar-refractivity contribution in [2.45, 2.75) is 76.0 Å². The Morgan fingerprint density at radius 1 is 1.00 bits per heavy atom. The van der Waals surface area contributed by atoms with Crippen molar-refractivity contribution >= 4 is 10.1 Å². The summed E-state index contributed by atoms with van der Waals surface area (Å²) in [5.41, 5.74) is 1.02. The Morgan fingerprint density at radius 2 is 1.68 bits per heavy atom. The van der Waals surface area contributed by atoms with Crippen LogP contribution in [0.4, 0.5) is 0 Å². The highest BCUT2D eigenvalue weighted by molar-refractivity contribution is 7.86. The quantitative estimate of drug-likeness (QED) is 0.484. The molecular formula is C23H40O7S. The molecule has 4 atom stereocenters. The molecule has 31 heavy (non-hydrogen) atoms. The average molecular weight is 461 g/mol. The van der Waals surface area contributed by atoms with Gasteiger partial charge in [-0.1, -0.05) is 31.5 Å². The minimum atomic E-state index is -3.51. The Labute approximate surface area is 189 Å². The standard InChI is InChI=1S/C11H18O4.C8H10O3S.C2H6.C2H4.H2/c1-2-5-12-10(3-1)15-9-7-14-8-4-6-13-11(8)9;1-7-3-5-8(6-4-7)12(9,10)11-2;2*1-2;/h8-11H,1-7H2;3-6H,1-2H3;1-2H3;1-2H2;1H/t8-,9-,10?,11?;;;;/m1..../s1. The van der Waals surface area contributed by atoms with Gasteiger partial charge in [0.2, 0.25) is 0 Å². The monoisotopic (exact) mass is 460 g/mol. The molecule has 0 N–H and O–H groups in total. The highest BCUT2D eigenvalue weighted by atomic mass is 32.2. The van der Waals surface area contributed by atoms with Crippen LogP contribution in [0.1, 0.15) is 46.5 Å². The summed E-state index contributed by atoms with van der Waals surface area (Å²) in [4.78, 5) is 0.190. The summed E-state index contributed by atoms with van der Waals surface area (Å²) in [5, 5.41) is 0. The van der Waals surface area contributed by atoms with E-state index >= 15 is 0 Å². The van der Waals surface area contributed by atoms with E-state index in [0.29, 0.717) is 6.61 Å². The molecule has 4 rings (SSSR count). The van der Waals surface area contributed by atoms with E-state index < -0.39 is 10.1 Å². The largest absolute Gasteiger partial charge is 0.373 e. The normalized spacial score (nSPS) is 26.8. The van der Waals surface area contributed by atoms with Gasteiger partial charge >= 0.3 is 0 Å². The number of aryl methyl sites for hydroxylation is 1. The van der Waals surface area contributed by atoms with Gasteiger partial charge in [0.15, 0.2) is 6.29 Å². The maximum absolute atomic E-state index is 11.1. The van der Waals surface area contributed by atoms with Gasteiger partial charge in [-0.15, -0.1) is 13.2 Å². The number of ether oxygens (including phenoxy) is 4. The molecule has 0 amide bonds. The molecule has 0 radical (unpaired) electrons. The summed E-state index contributed by atoms with van der Waals surface area (Å²) in [6, 6.07) is 6.50. The Hall–Kier alpha value is -1.29. The summed E-state index contributed by atoms with van der Waals surface area (Å²) in [5.74, 6) is 0. The van der Waals surface area contributed by atoms with Crippen LogP contribution in [0.25, 0.3) is 0 Å². The van der Waals surface area contributed by atoms with Gasteiger partial charge in [-0.25, -0.2) is 0 Å². The van der Waals surface area contributed by atoms with Gasteiger partial charge in [0, 0.05) is 14.6 Å². The van der Waals surface area contributed by atoms with Gasteiger partial charge in [0.1, 0.15) is 12.2 Å². The lowest BCUT2D eigenvalue weighted by Gasteiger charge is -2.27. The van der Waals surface area contributed by atoms with E-state index in [-0.39, 0.29) is 30.9 Å². The van der Waals surface area contributed by atoms with Crippen LogP contribution in [-0.2, 0) is 33.2 Å². The molecule has 7 nitrogen and oxygen atoms in total. The first-order valence-corrected chi connectivity index (χ1v) is 12.3. The molecular weight excluding hydrogens is 420 g/mol. The zero-order valence-electron chi connectivity index (χ0n) is 19.2. The van der Waals surface area contributed by atoms with Gasteiger partial charge in [-0.2, -0.15) is 8.42 Å². The number of rotatable bonds is 4. The zero-order chi connectivity index (χ0) is 23.3. The fraction of sp³-hybridized carbons (Fsp3) is 0.652. The van der Waals surface area contributed by atoms with Crippen LogP contribution in [0.3, 0.4) is 0 Å². The van der Waals surface area contributed by atoms with Crippen molar-refractivity contribution in [3.63, 3.8) is 0 Å². The molecule has 3 aliphatic rings. The molecule has 1 aromatic rings. The molecule has 0 spiro atoms. The highest BCUT2D eigenvalue weighted by Gasteiger charge is 2.43. The summed E-state index contributed by atoms with van der Waals surface area (Å²) in [6.45, 7) is 14.2. The van der Waals surface area contributed by atoms with Crippen molar-refractivity contribution in [3.8, 4) is 0 Å². The van der Waals surface area contributed by atoms with E-state index in [2.05, 4.69) is 17.3 Å². The van der Waals surface area contributed by atoms with Crippen LogP contribution in [0.5, 0.6) is 0 Å². The second-order valence-electron chi connectivity index (χ2n) is 6.90. The smallest absolute Gasteiger partial charge is 0.296 e. The Bertz CT molecular complexity index is 706. The zero-order valence-corrected chi connectivity index (χ0v) is 20.1. The van der Waals surface area contributed by atoms with Crippen molar-refractivity contribution in [1.82, 2.24) is 0 Å². The SMILES string of the molecule is C1CCC(O[C@@H]2CO[C@@H]3CCOC32)OC1.C=C.CC.COS(=O)(=O)c1ccc(C)cc1.[HH]. The topological polar surface area (TPSA) is 80.3 Å². The number of hydrogen-bond acceptors (Lipinski definition) is 7. The van der Waals surface area contributed by atoms with Crippen LogP contribution in [0, 0.1) is 6.92 Å². The van der Waals surface area contributed by atoms with Gasteiger partial charge < -0.3 is 18.9 Å². The van der Waals surface area contributed by atoms with Crippen LogP contribution in [-0.4, -0.2) is 60.0 Å². The Morgan fingerprint density at radius 3 is 2.26 bits per heavy atom. The first-order chi connectivity index (χ1) is 15.0. The van der Waals surface area contributed by atoms with Crippen molar-refractivity contribution in [2.24, 2.45) is 0 Å². The van der Waals surface area contributed by atoms with Crippen LogP contribution in [0.15, 0.2) is 42.3 Å². The van der Waals surface area contributed by atoms with Crippen LogP contribution < -0.4 is 0 Å². The molecule has 1 aromatic carbocycles. The minimum absolute atomic E-state index is 0. The van der Waals surface area contributed by atoms with Crippen molar-refractivity contribution in [3.05, 3.63) is 43.0 Å². The Balaban J connectivity index is 0.000000517. The molecule has 8 heteroatoms. The average Bonchev–Trinajstić information content (AvgIpc) is 3.43. The molecule has 0 aromatic heterocycles. The van der Waals surface area contributed by atoms with E-state index in [9.17, 15) is 8.42 Å². The van der Waals surface area contributed by atoms with Gasteiger partial charge in [-0.3, -0.25) is 4.18 Å². The molecule has 0 saturated carbocycles. The van der Waals surface area contributed by atoms with E-state index in [1.54, 1.807) is 12.1 Å². The van der Waals surface area contributed by atoms with Crippen molar-refractivity contribution < 1.29 is 33.0 Å². The fourth-order valence-electron chi connectivity index (χ4n) is 3.36. The third-order valence-corrected chi connectivity index (χ3v) is 6.20. The minimum Gasteiger partial charge on any atom is -0.373 e. The molecule has 3 heterocycles. The molecule has 3 saturated heterocycles. The first-order valence-electron chi connectivity index (χ1n) is 10.9. The summed E-state index contributed by atoms with van der Waals surface area (Å²) < 4.78 is 49.2. The predicted octanol–water partition coefficient (Wildman–Crippen LogP) is 4.49. The third kappa shape index (κ3) is 8.63. The fourth-order valence-corrected chi connectivity index (χ4v) is 4.02. The van der Waals surface area contributed by atoms with Gasteiger partial charge in [0.05, 0.1) is 24.7 Å². The molecule has 3 fully saturated rings. The number of hydrogen-bond donors (Lipinski definition) is 0. The molecule has 180 valence electrons. The van der Waals surface area contributed by atoms with E-state index in [4.69, 9.17) is 18.9 Å². The molecule has 2 unspecified atom stereocenters. The lowest BCUT2D eigenvalue weighted by molar-refractivity contribution is -0.201. The Kier molecular flexibility index (Phi) is 13.2. The summed E-state index contributed by atoms with van der Waals surface area (Å²) in [6.07, 6.45) is 4.84. The van der Waals surface area contributed by atoms with Crippen LogP contribution >= 0.6 is 0 Å². The number of fused-ring (bicyclic) bond motifs is 1. The predicted molar refractivity (Wildman–Crippen MR) is 123 cm³/mol. The first kappa shape index (κ1) is 27.7. The molecule has 3 aliphatic heterocycles. The van der Waals surface area contributed by atoms with E-state index in [1.807, 2.05) is 20.8 Å². The van der Waals surface area contributed by atoms with Crippen molar-refractivity contribution in [1.29, 1.82) is 0 Å². The van der Waals surface area contributed by atoms with E-state index in [0.717, 1.165) is 45.1 Å². The second kappa shape index (κ2) is 14.7. The summed E-state index contributed by atoms with van der Waals surface area (Å²) >= 11 is 0.